The molecule has 1 rings (SSSR count). The second-order valence-electron chi connectivity index (χ2n) is 5.61. The molecule has 1 atom stereocenters. The molecule has 0 spiro atoms. The first kappa shape index (κ1) is 19.3. The number of carbonyl (C=O) groups is 2. The van der Waals surface area contributed by atoms with E-state index in [2.05, 4.69) is 5.32 Å². The lowest BCUT2D eigenvalue weighted by atomic mass is 10.1. The summed E-state index contributed by atoms with van der Waals surface area (Å²) in [6.45, 7) is 3.21. The van der Waals surface area contributed by atoms with Crippen molar-refractivity contribution < 1.29 is 14.3 Å². The molecule has 1 unspecified atom stereocenters. The monoisotopic (exact) mass is 341 g/mol. The molecule has 0 radical (unpaired) electrons. The van der Waals surface area contributed by atoms with Crippen molar-refractivity contribution in [2.24, 2.45) is 5.92 Å². The molecule has 0 heterocycles. The van der Waals surface area contributed by atoms with Crippen LogP contribution >= 0.6 is 11.6 Å². The predicted molar refractivity (Wildman–Crippen MR) is 91.8 cm³/mol. The van der Waals surface area contributed by atoms with Gasteiger partial charge in [-0.25, -0.2) is 4.79 Å². The van der Waals surface area contributed by atoms with Gasteiger partial charge in [-0.15, -0.1) is 0 Å². The fourth-order valence-corrected chi connectivity index (χ4v) is 2.16. The third-order valence-corrected chi connectivity index (χ3v) is 3.51. The Hall–Kier alpha value is -1.79. The lowest BCUT2D eigenvalue weighted by Crippen LogP contribution is -2.43. The van der Waals surface area contributed by atoms with Crippen LogP contribution in [0.5, 0.6) is 0 Å². The average molecular weight is 342 g/mol. The third-order valence-electron chi connectivity index (χ3n) is 3.28. The Morgan fingerprint density at radius 2 is 2.00 bits per heavy atom. The largest absolute Gasteiger partial charge is 0.469 e. The van der Waals surface area contributed by atoms with Gasteiger partial charge < -0.3 is 19.9 Å². The summed E-state index contributed by atoms with van der Waals surface area (Å²) >= 11 is 5.92. The fraction of sp³-hybridized carbons (Fsp3) is 0.500. The predicted octanol–water partition coefficient (Wildman–Crippen LogP) is 2.54. The molecule has 1 aromatic rings. The number of nitrogens with zero attached hydrogens (tertiary/aromatic N) is 2. The number of urea groups is 1. The number of likely N-dealkylation sites (N-methyl/N-ethyl adjacent to an activating group) is 1. The number of carbonyl (C=O) groups excluding carboxylic acids is 2. The summed E-state index contributed by atoms with van der Waals surface area (Å²) in [6.07, 6.45) is 0. The Labute approximate surface area is 142 Å². The lowest BCUT2D eigenvalue weighted by Gasteiger charge is -2.26. The number of benzene rings is 1. The number of rotatable bonds is 7. The van der Waals surface area contributed by atoms with Crippen molar-refractivity contribution in [3.8, 4) is 0 Å². The first-order valence-electron chi connectivity index (χ1n) is 7.37. The molecule has 1 N–H and O–H groups in total. The molecule has 7 heteroatoms. The third kappa shape index (κ3) is 6.88. The zero-order valence-electron chi connectivity index (χ0n) is 14.0. The van der Waals surface area contributed by atoms with Gasteiger partial charge in [-0.2, -0.15) is 0 Å². The second-order valence-corrected chi connectivity index (χ2v) is 6.05. The van der Waals surface area contributed by atoms with Crippen LogP contribution in [0.15, 0.2) is 24.3 Å². The molecule has 128 valence electrons. The van der Waals surface area contributed by atoms with E-state index in [9.17, 15) is 9.59 Å². The van der Waals surface area contributed by atoms with Crippen LogP contribution in [0, 0.1) is 5.92 Å². The molecule has 0 saturated carbocycles. The van der Waals surface area contributed by atoms with Gasteiger partial charge >= 0.3 is 12.0 Å². The van der Waals surface area contributed by atoms with Gasteiger partial charge in [0.1, 0.15) is 0 Å². The summed E-state index contributed by atoms with van der Waals surface area (Å²) in [4.78, 5) is 27.7. The van der Waals surface area contributed by atoms with Crippen LogP contribution in [-0.2, 0) is 9.53 Å². The summed E-state index contributed by atoms with van der Waals surface area (Å²) in [5.41, 5.74) is 0.614. The molecule has 23 heavy (non-hydrogen) atoms. The molecule has 0 bridgehead atoms. The maximum absolute atomic E-state index is 12.5. The Balaban J connectivity index is 2.76. The Morgan fingerprint density at radius 1 is 1.30 bits per heavy atom. The highest BCUT2D eigenvalue weighted by Crippen LogP contribution is 2.15. The number of anilines is 1. The minimum absolute atomic E-state index is 0.273. The molecule has 0 fully saturated rings. The molecule has 6 nitrogen and oxygen atoms in total. The van der Waals surface area contributed by atoms with Crippen molar-refractivity contribution in [1.29, 1.82) is 0 Å². The molecular formula is C16H24ClN3O3. The zero-order valence-corrected chi connectivity index (χ0v) is 14.8. The van der Waals surface area contributed by atoms with E-state index in [0.717, 1.165) is 0 Å². The van der Waals surface area contributed by atoms with Gasteiger partial charge in [-0.3, -0.25) is 4.79 Å². The van der Waals surface area contributed by atoms with Crippen molar-refractivity contribution >= 4 is 29.3 Å². The van der Waals surface area contributed by atoms with Crippen molar-refractivity contribution in [2.45, 2.75) is 6.92 Å². The minimum atomic E-state index is -0.396. The van der Waals surface area contributed by atoms with Crippen LogP contribution < -0.4 is 5.32 Å². The lowest BCUT2D eigenvalue weighted by molar-refractivity contribution is -0.145. The van der Waals surface area contributed by atoms with Gasteiger partial charge in [0.15, 0.2) is 0 Å². The maximum Gasteiger partial charge on any atom is 0.321 e. The Morgan fingerprint density at radius 3 is 2.57 bits per heavy atom. The number of halogens is 1. The molecule has 1 aromatic carbocycles. The van der Waals surface area contributed by atoms with Crippen LogP contribution in [0.25, 0.3) is 0 Å². The zero-order chi connectivity index (χ0) is 17.4. The Kier molecular flexibility index (Phi) is 7.85. The summed E-state index contributed by atoms with van der Waals surface area (Å²) in [7, 11) is 5.20. The molecule has 2 amide bonds. The number of amides is 2. The average Bonchev–Trinajstić information content (AvgIpc) is 2.49. The number of hydrogen-bond acceptors (Lipinski definition) is 4. The summed E-state index contributed by atoms with van der Waals surface area (Å²) in [5, 5.41) is 3.35. The summed E-state index contributed by atoms with van der Waals surface area (Å²) in [6, 6.07) is 6.66. The van der Waals surface area contributed by atoms with E-state index in [1.807, 2.05) is 19.0 Å². The highest BCUT2D eigenvalue weighted by Gasteiger charge is 2.21. The van der Waals surface area contributed by atoms with Crippen molar-refractivity contribution in [3.05, 3.63) is 29.3 Å². The molecule has 0 aliphatic rings. The topological polar surface area (TPSA) is 61.9 Å². The van der Waals surface area contributed by atoms with Gasteiger partial charge in [0.25, 0.3) is 0 Å². The van der Waals surface area contributed by atoms with Gasteiger partial charge in [-0.1, -0.05) is 24.6 Å². The van der Waals surface area contributed by atoms with E-state index in [1.54, 1.807) is 36.1 Å². The van der Waals surface area contributed by atoms with E-state index < -0.39 is 5.92 Å². The van der Waals surface area contributed by atoms with Gasteiger partial charge in [0, 0.05) is 30.3 Å². The molecule has 0 aliphatic heterocycles. The smallest absolute Gasteiger partial charge is 0.321 e. The molecule has 0 saturated heterocycles. The van der Waals surface area contributed by atoms with Crippen molar-refractivity contribution in [2.75, 3.05) is 46.2 Å². The van der Waals surface area contributed by atoms with Crippen LogP contribution in [0.1, 0.15) is 6.92 Å². The first-order valence-corrected chi connectivity index (χ1v) is 7.75. The van der Waals surface area contributed by atoms with E-state index in [-0.39, 0.29) is 18.5 Å². The van der Waals surface area contributed by atoms with E-state index in [1.165, 1.54) is 7.11 Å². The van der Waals surface area contributed by atoms with E-state index in [0.29, 0.717) is 23.8 Å². The normalized spacial score (nSPS) is 11.9. The number of hydrogen-bond donors (Lipinski definition) is 1. The molecular weight excluding hydrogens is 318 g/mol. The van der Waals surface area contributed by atoms with Crippen molar-refractivity contribution in [3.63, 3.8) is 0 Å². The summed E-state index contributed by atoms with van der Waals surface area (Å²) < 4.78 is 4.73. The SMILES string of the molecule is COC(=O)C(C)CN(CCN(C)C)C(=O)Nc1cccc(Cl)c1. The van der Waals surface area contributed by atoms with E-state index in [4.69, 9.17) is 16.3 Å². The Bertz CT molecular complexity index is 537. The second kappa shape index (κ2) is 9.37. The van der Waals surface area contributed by atoms with Crippen LogP contribution in [0.3, 0.4) is 0 Å². The van der Waals surface area contributed by atoms with Crippen LogP contribution in [0.4, 0.5) is 10.5 Å². The molecule has 0 aliphatic carbocycles. The standard InChI is InChI=1S/C16H24ClN3O3/c1-12(15(21)23-4)11-20(9-8-19(2)3)16(22)18-14-7-5-6-13(17)10-14/h5-7,10,12H,8-9,11H2,1-4H3,(H,18,22). The number of nitrogens with one attached hydrogen (secondary N) is 1. The fourth-order valence-electron chi connectivity index (χ4n) is 1.97. The molecule has 0 aromatic heterocycles. The van der Waals surface area contributed by atoms with Gasteiger partial charge in [0.2, 0.25) is 0 Å². The maximum atomic E-state index is 12.5. The first-order chi connectivity index (χ1) is 10.8. The van der Waals surface area contributed by atoms with E-state index >= 15 is 0 Å². The highest BCUT2D eigenvalue weighted by molar-refractivity contribution is 6.30. The number of esters is 1. The highest BCUT2D eigenvalue weighted by atomic mass is 35.5. The van der Waals surface area contributed by atoms with Crippen LogP contribution in [-0.4, -0.2) is 62.6 Å². The van der Waals surface area contributed by atoms with Gasteiger partial charge in [0.05, 0.1) is 13.0 Å². The van der Waals surface area contributed by atoms with Crippen LogP contribution in [0.2, 0.25) is 5.02 Å². The number of ether oxygens (including phenoxy) is 1. The summed E-state index contributed by atoms with van der Waals surface area (Å²) in [5.74, 6) is -0.734. The number of methoxy groups -OCH3 is 1. The quantitative estimate of drug-likeness (QED) is 0.774. The van der Waals surface area contributed by atoms with Gasteiger partial charge in [-0.05, 0) is 32.3 Å². The van der Waals surface area contributed by atoms with Crippen molar-refractivity contribution in [1.82, 2.24) is 9.80 Å². The minimum Gasteiger partial charge on any atom is -0.469 e.